The molecular weight excluding hydrogens is 619 g/mol. The number of para-hydroxylation sites is 3. The summed E-state index contributed by atoms with van der Waals surface area (Å²) in [7, 11) is 0. The van der Waals surface area contributed by atoms with E-state index < -0.39 is 0 Å². The van der Waals surface area contributed by atoms with Gasteiger partial charge in [0.25, 0.3) is 0 Å². The van der Waals surface area contributed by atoms with Gasteiger partial charge in [-0.05, 0) is 102 Å². The Hall–Kier alpha value is -6.45. The molecule has 250 valence electrons. The number of benzene rings is 5. The van der Waals surface area contributed by atoms with Crippen LogP contribution < -0.4 is 9.80 Å². The van der Waals surface area contributed by atoms with E-state index in [2.05, 4.69) is 168 Å². The molecule has 0 saturated carbocycles. The number of nitrogens with zero attached hydrogens (tertiary/aromatic N) is 3. The summed E-state index contributed by atoms with van der Waals surface area (Å²) < 4.78 is 0. The van der Waals surface area contributed by atoms with Gasteiger partial charge in [-0.15, -0.1) is 0 Å². The molecule has 5 aromatic carbocycles. The Morgan fingerprint density at radius 1 is 0.608 bits per heavy atom. The third-order valence-corrected chi connectivity index (χ3v) is 8.63. The van der Waals surface area contributed by atoms with Crippen LogP contribution in [-0.2, 0) is 0 Å². The zero-order valence-corrected chi connectivity index (χ0v) is 29.5. The summed E-state index contributed by atoms with van der Waals surface area (Å²) >= 11 is 0. The van der Waals surface area contributed by atoms with Crippen LogP contribution in [0.2, 0.25) is 0 Å². The minimum atomic E-state index is 0.877. The molecule has 2 aliphatic heterocycles. The zero-order chi connectivity index (χ0) is 35.4. The molecule has 0 aromatic heterocycles. The molecule has 2 aliphatic rings. The van der Waals surface area contributed by atoms with E-state index in [1.807, 2.05) is 63.4 Å². The molecule has 0 spiro atoms. The highest BCUT2D eigenvalue weighted by molar-refractivity contribution is 6.14. The quantitative estimate of drug-likeness (QED) is 0.162. The van der Waals surface area contributed by atoms with Gasteiger partial charge in [0.2, 0.25) is 0 Å². The van der Waals surface area contributed by atoms with Gasteiger partial charge in [-0.3, -0.25) is 4.99 Å². The smallest absolute Gasteiger partial charge is 0.0708 e. The number of anilines is 5. The van der Waals surface area contributed by atoms with Crippen molar-refractivity contribution in [1.29, 1.82) is 0 Å². The molecule has 3 nitrogen and oxygen atoms in total. The van der Waals surface area contributed by atoms with Crippen molar-refractivity contribution in [3.63, 3.8) is 0 Å². The number of rotatable bonds is 7. The van der Waals surface area contributed by atoms with Crippen LogP contribution in [0.25, 0.3) is 16.7 Å². The number of hydrogen-bond acceptors (Lipinski definition) is 3. The van der Waals surface area contributed by atoms with Crippen LogP contribution in [0.4, 0.5) is 28.4 Å². The number of hydrogen-bond donors (Lipinski definition) is 0. The van der Waals surface area contributed by atoms with Crippen LogP contribution in [0.1, 0.15) is 26.3 Å². The van der Waals surface area contributed by atoms with Crippen LogP contribution >= 0.6 is 0 Å². The molecule has 0 bridgehead atoms. The van der Waals surface area contributed by atoms with Gasteiger partial charge >= 0.3 is 0 Å². The lowest BCUT2D eigenvalue weighted by Crippen LogP contribution is -2.14. The molecular formula is C48H43N3. The van der Waals surface area contributed by atoms with Crippen LogP contribution in [0.5, 0.6) is 0 Å². The molecule has 3 heteroatoms. The minimum absolute atomic E-state index is 0.877. The summed E-state index contributed by atoms with van der Waals surface area (Å²) in [5, 5.41) is 0. The van der Waals surface area contributed by atoms with Gasteiger partial charge in [0, 0.05) is 46.3 Å². The monoisotopic (exact) mass is 661 g/mol. The van der Waals surface area contributed by atoms with E-state index in [0.29, 0.717) is 0 Å². The van der Waals surface area contributed by atoms with Gasteiger partial charge in [0.05, 0.1) is 11.4 Å². The van der Waals surface area contributed by atoms with E-state index >= 15 is 0 Å². The normalized spacial score (nSPS) is 18.1. The first kappa shape index (κ1) is 34.4. The Morgan fingerprint density at radius 3 is 1.84 bits per heavy atom. The summed E-state index contributed by atoms with van der Waals surface area (Å²) in [6, 6.07) is 47.0. The van der Waals surface area contributed by atoms with Crippen molar-refractivity contribution >= 4 is 39.7 Å². The average molecular weight is 662 g/mol. The van der Waals surface area contributed by atoms with Crippen LogP contribution in [0.3, 0.4) is 0 Å². The topological polar surface area (TPSA) is 18.8 Å². The zero-order valence-electron chi connectivity index (χ0n) is 29.5. The minimum Gasteiger partial charge on any atom is -0.317 e. The maximum absolute atomic E-state index is 4.79. The predicted molar refractivity (Wildman–Crippen MR) is 221 cm³/mol. The molecule has 0 radical (unpaired) electrons. The second-order valence-corrected chi connectivity index (χ2v) is 11.7. The lowest BCUT2D eigenvalue weighted by molar-refractivity contribution is 1.26. The van der Waals surface area contributed by atoms with Gasteiger partial charge < -0.3 is 9.80 Å². The van der Waals surface area contributed by atoms with Crippen LogP contribution in [-0.4, -0.2) is 5.71 Å². The van der Waals surface area contributed by atoms with Gasteiger partial charge in [-0.25, -0.2) is 0 Å². The van der Waals surface area contributed by atoms with E-state index in [1.54, 1.807) is 0 Å². The third-order valence-electron chi connectivity index (χ3n) is 8.63. The highest BCUT2D eigenvalue weighted by Gasteiger charge is 2.21. The Bertz CT molecular complexity index is 2120. The van der Waals surface area contributed by atoms with E-state index in [4.69, 9.17) is 4.99 Å². The van der Waals surface area contributed by atoms with Crippen LogP contribution in [0.15, 0.2) is 217 Å². The van der Waals surface area contributed by atoms with E-state index in [1.165, 1.54) is 0 Å². The second-order valence-electron chi connectivity index (χ2n) is 11.7. The first-order valence-corrected chi connectivity index (χ1v) is 17.5. The van der Waals surface area contributed by atoms with Gasteiger partial charge in [-0.2, -0.15) is 0 Å². The van der Waals surface area contributed by atoms with Crippen molar-refractivity contribution in [1.82, 2.24) is 0 Å². The van der Waals surface area contributed by atoms with E-state index in [0.717, 1.165) is 67.6 Å². The lowest BCUT2D eigenvalue weighted by atomic mass is 9.89. The predicted octanol–water partition coefficient (Wildman–Crippen LogP) is 13.5. The highest BCUT2D eigenvalue weighted by atomic mass is 15.1. The molecule has 0 N–H and O–H groups in total. The fraction of sp³-hybridized carbons (Fsp3) is 0.0625. The Morgan fingerprint density at radius 2 is 1.20 bits per heavy atom. The Kier molecular flexibility index (Phi) is 11.3. The standard InChI is InChI=1S/C46H37N3.C2H6/c1-3-4-7-22-45-44-32-34-48(46-23-13-12-21-43(46)35(2)42(44)20-14-15-33-47-45)38-28-24-36(25-29-38)37-26-30-41(31-27-37)49(39-16-8-5-9-17-39)40-18-10-6-11-19-40;1-2/h3-34H,2H2,1H3;1-2H3/b4-3-,15-14?,20-14-,22-7-,33-15-,34-32-,42-20?,44-42+,45-44?,47-33?,47-45-;. The Balaban J connectivity index is 0.00000220. The average Bonchev–Trinajstić information content (AvgIpc) is 3.18. The SMILES string of the molecule is C=C1C2=C(\C=C/N(c3ccc(-c4ccc(N(c5ccccc5)c5ccccc5)cc4)cc3)c3ccccc31)C(/C=C\C=C/C)=N\C=C/C=C\2.CC. The maximum Gasteiger partial charge on any atom is 0.0708 e. The molecule has 0 saturated heterocycles. The fourth-order valence-electron chi connectivity index (χ4n) is 6.21. The van der Waals surface area contributed by atoms with E-state index in [-0.39, 0.29) is 0 Å². The van der Waals surface area contributed by atoms with Crippen molar-refractivity contribution in [2.75, 3.05) is 9.80 Å². The molecule has 51 heavy (non-hydrogen) atoms. The Labute approximate surface area is 303 Å². The largest absolute Gasteiger partial charge is 0.317 e. The second kappa shape index (κ2) is 16.8. The van der Waals surface area contributed by atoms with Crippen molar-refractivity contribution < 1.29 is 0 Å². The maximum atomic E-state index is 4.79. The molecule has 0 unspecified atom stereocenters. The first-order valence-electron chi connectivity index (χ1n) is 17.5. The van der Waals surface area contributed by atoms with Gasteiger partial charge in [0.1, 0.15) is 0 Å². The summed E-state index contributed by atoms with van der Waals surface area (Å²) in [4.78, 5) is 9.30. The third kappa shape index (κ3) is 7.74. The van der Waals surface area contributed by atoms with Crippen LogP contribution in [0, 0.1) is 0 Å². The molecule has 0 amide bonds. The van der Waals surface area contributed by atoms with Crippen molar-refractivity contribution in [2.24, 2.45) is 4.99 Å². The lowest BCUT2D eigenvalue weighted by Gasteiger charge is -2.28. The molecule has 0 atom stereocenters. The summed E-state index contributed by atoms with van der Waals surface area (Å²) in [6.07, 6.45) is 20.3. The number of aliphatic imine (C=N–C) groups is 1. The van der Waals surface area contributed by atoms with Crippen molar-refractivity contribution in [2.45, 2.75) is 20.8 Å². The summed E-state index contributed by atoms with van der Waals surface area (Å²) in [5.41, 5.74) is 12.8. The molecule has 0 aliphatic carbocycles. The highest BCUT2D eigenvalue weighted by Crippen LogP contribution is 2.40. The number of allylic oxidation sites excluding steroid dienone is 11. The number of fused-ring (bicyclic) bond motifs is 1. The fourth-order valence-corrected chi connectivity index (χ4v) is 6.21. The molecule has 2 heterocycles. The summed E-state index contributed by atoms with van der Waals surface area (Å²) in [5.74, 6) is 0. The van der Waals surface area contributed by atoms with Crippen molar-refractivity contribution in [3.05, 3.63) is 218 Å². The first-order chi connectivity index (χ1) is 25.2. The molecule has 7 rings (SSSR count). The van der Waals surface area contributed by atoms with Gasteiger partial charge in [0.15, 0.2) is 0 Å². The molecule has 0 fully saturated rings. The van der Waals surface area contributed by atoms with E-state index in [9.17, 15) is 0 Å². The molecule has 5 aromatic rings. The van der Waals surface area contributed by atoms with Crippen molar-refractivity contribution in [3.8, 4) is 11.1 Å². The van der Waals surface area contributed by atoms with Gasteiger partial charge in [-0.1, -0.05) is 130 Å². The summed E-state index contributed by atoms with van der Waals surface area (Å²) in [6.45, 7) is 10.6.